The SMILES string of the molecule is O=C(O)C1CCCC(C(=O)O)C(C(=O)O)CC1. The summed E-state index contributed by atoms with van der Waals surface area (Å²) in [7, 11) is 0. The molecule has 1 rings (SSSR count). The fraction of sp³-hybridized carbons (Fsp3) is 0.727. The first-order chi connectivity index (χ1) is 7.93. The van der Waals surface area contributed by atoms with Crippen LogP contribution in [0.3, 0.4) is 0 Å². The zero-order chi connectivity index (χ0) is 13.0. The molecule has 0 spiro atoms. The summed E-state index contributed by atoms with van der Waals surface area (Å²) in [6.45, 7) is 0. The normalized spacial score (nSPS) is 30.0. The summed E-state index contributed by atoms with van der Waals surface area (Å²) in [5.74, 6) is -5.61. The summed E-state index contributed by atoms with van der Waals surface area (Å²) >= 11 is 0. The molecule has 0 bridgehead atoms. The molecule has 0 aromatic rings. The molecule has 0 aliphatic heterocycles. The third-order valence-corrected chi connectivity index (χ3v) is 3.36. The van der Waals surface area contributed by atoms with E-state index in [9.17, 15) is 14.4 Å². The topological polar surface area (TPSA) is 112 Å². The van der Waals surface area contributed by atoms with Gasteiger partial charge in [-0.25, -0.2) is 0 Å². The molecule has 1 aliphatic carbocycles. The van der Waals surface area contributed by atoms with Crippen molar-refractivity contribution < 1.29 is 29.7 Å². The molecule has 3 N–H and O–H groups in total. The first kappa shape index (κ1) is 13.5. The van der Waals surface area contributed by atoms with E-state index in [0.29, 0.717) is 12.8 Å². The smallest absolute Gasteiger partial charge is 0.307 e. The number of hydrogen-bond acceptors (Lipinski definition) is 3. The van der Waals surface area contributed by atoms with Crippen LogP contribution >= 0.6 is 0 Å². The Morgan fingerprint density at radius 2 is 1.24 bits per heavy atom. The largest absolute Gasteiger partial charge is 0.481 e. The van der Waals surface area contributed by atoms with Crippen LogP contribution in [0.4, 0.5) is 0 Å². The number of carbonyl (C=O) groups is 3. The van der Waals surface area contributed by atoms with E-state index in [1.807, 2.05) is 0 Å². The van der Waals surface area contributed by atoms with Gasteiger partial charge in [-0.05, 0) is 25.7 Å². The zero-order valence-electron chi connectivity index (χ0n) is 9.33. The molecule has 0 heterocycles. The highest BCUT2D eigenvalue weighted by atomic mass is 16.4. The lowest BCUT2D eigenvalue weighted by Gasteiger charge is -2.25. The monoisotopic (exact) mass is 244 g/mol. The molecule has 96 valence electrons. The Morgan fingerprint density at radius 1 is 0.706 bits per heavy atom. The summed E-state index contributed by atoms with van der Waals surface area (Å²) in [5.41, 5.74) is 0. The zero-order valence-corrected chi connectivity index (χ0v) is 9.33. The highest BCUT2D eigenvalue weighted by Crippen LogP contribution is 2.31. The quantitative estimate of drug-likeness (QED) is 0.684. The first-order valence-electron chi connectivity index (χ1n) is 5.62. The lowest BCUT2D eigenvalue weighted by molar-refractivity contribution is -0.155. The molecule has 0 aromatic heterocycles. The molecule has 0 aromatic carbocycles. The molecule has 3 unspecified atom stereocenters. The van der Waals surface area contributed by atoms with Gasteiger partial charge < -0.3 is 15.3 Å². The first-order valence-corrected chi connectivity index (χ1v) is 5.62. The van der Waals surface area contributed by atoms with Gasteiger partial charge in [0.1, 0.15) is 0 Å². The van der Waals surface area contributed by atoms with E-state index < -0.39 is 35.7 Å². The Hall–Kier alpha value is -1.59. The Morgan fingerprint density at radius 3 is 1.71 bits per heavy atom. The highest BCUT2D eigenvalue weighted by molar-refractivity contribution is 5.80. The van der Waals surface area contributed by atoms with E-state index in [2.05, 4.69) is 0 Å². The van der Waals surface area contributed by atoms with Crippen LogP contribution in [0.2, 0.25) is 0 Å². The molecular formula is C11H16O6. The van der Waals surface area contributed by atoms with Crippen molar-refractivity contribution in [1.29, 1.82) is 0 Å². The molecule has 3 atom stereocenters. The maximum atomic E-state index is 11.0. The van der Waals surface area contributed by atoms with Gasteiger partial charge in [0.25, 0.3) is 0 Å². The van der Waals surface area contributed by atoms with Crippen molar-refractivity contribution in [3.05, 3.63) is 0 Å². The van der Waals surface area contributed by atoms with E-state index in [1.165, 1.54) is 0 Å². The molecule has 6 nitrogen and oxygen atoms in total. The van der Waals surface area contributed by atoms with E-state index in [0.717, 1.165) is 0 Å². The second kappa shape index (κ2) is 5.65. The van der Waals surface area contributed by atoms with Gasteiger partial charge in [0, 0.05) is 0 Å². The van der Waals surface area contributed by atoms with Gasteiger partial charge in [-0.2, -0.15) is 0 Å². The molecular weight excluding hydrogens is 228 g/mol. The van der Waals surface area contributed by atoms with E-state index in [4.69, 9.17) is 15.3 Å². The van der Waals surface area contributed by atoms with Crippen LogP contribution in [0.25, 0.3) is 0 Å². The average Bonchev–Trinajstić information content (AvgIpc) is 2.15. The van der Waals surface area contributed by atoms with Gasteiger partial charge >= 0.3 is 17.9 Å². The van der Waals surface area contributed by atoms with E-state index >= 15 is 0 Å². The van der Waals surface area contributed by atoms with Crippen molar-refractivity contribution in [1.82, 2.24) is 0 Å². The Kier molecular flexibility index (Phi) is 4.48. The predicted molar refractivity (Wildman–Crippen MR) is 56.5 cm³/mol. The van der Waals surface area contributed by atoms with Crippen LogP contribution in [0.1, 0.15) is 32.1 Å². The minimum Gasteiger partial charge on any atom is -0.481 e. The molecule has 0 radical (unpaired) electrons. The summed E-state index contributed by atoms with van der Waals surface area (Å²) in [5, 5.41) is 26.8. The van der Waals surface area contributed by atoms with Crippen LogP contribution in [-0.4, -0.2) is 33.2 Å². The van der Waals surface area contributed by atoms with Gasteiger partial charge in [-0.15, -0.1) is 0 Å². The average molecular weight is 244 g/mol. The van der Waals surface area contributed by atoms with Crippen molar-refractivity contribution in [3.8, 4) is 0 Å². The van der Waals surface area contributed by atoms with E-state index in [-0.39, 0.29) is 19.3 Å². The summed E-state index contributed by atoms with van der Waals surface area (Å²) in [4.78, 5) is 32.8. The molecule has 1 aliphatic rings. The van der Waals surface area contributed by atoms with Crippen molar-refractivity contribution >= 4 is 17.9 Å². The summed E-state index contributed by atoms with van der Waals surface area (Å²) < 4.78 is 0. The third-order valence-electron chi connectivity index (χ3n) is 3.36. The van der Waals surface area contributed by atoms with Crippen molar-refractivity contribution in [2.75, 3.05) is 0 Å². The fourth-order valence-corrected chi connectivity index (χ4v) is 2.35. The lowest BCUT2D eigenvalue weighted by atomic mass is 9.78. The van der Waals surface area contributed by atoms with Crippen molar-refractivity contribution in [2.24, 2.45) is 17.8 Å². The van der Waals surface area contributed by atoms with Crippen LogP contribution < -0.4 is 0 Å². The molecule has 6 heteroatoms. The third kappa shape index (κ3) is 3.44. The standard InChI is InChI=1S/C11H16O6/c12-9(13)6-2-1-3-7(10(14)15)8(5-4-6)11(16)17/h6-8H,1-5H2,(H,12,13)(H,14,15)(H,16,17). The number of aliphatic carboxylic acids is 3. The Labute approximate surface area is 98.3 Å². The molecule has 0 saturated heterocycles. The maximum Gasteiger partial charge on any atom is 0.307 e. The van der Waals surface area contributed by atoms with Gasteiger partial charge in [-0.1, -0.05) is 6.42 Å². The Bertz CT molecular complexity index is 324. The van der Waals surface area contributed by atoms with Gasteiger partial charge in [0.15, 0.2) is 0 Å². The summed E-state index contributed by atoms with van der Waals surface area (Å²) in [6, 6.07) is 0. The van der Waals surface area contributed by atoms with Crippen LogP contribution in [0.5, 0.6) is 0 Å². The van der Waals surface area contributed by atoms with Gasteiger partial charge in [0.05, 0.1) is 17.8 Å². The molecule has 1 saturated carbocycles. The minimum atomic E-state index is -1.15. The molecule has 17 heavy (non-hydrogen) atoms. The summed E-state index contributed by atoms with van der Waals surface area (Å²) in [6.07, 6.45) is 1.44. The minimum absolute atomic E-state index is 0.114. The highest BCUT2D eigenvalue weighted by Gasteiger charge is 2.36. The fourth-order valence-electron chi connectivity index (χ4n) is 2.35. The van der Waals surface area contributed by atoms with Crippen molar-refractivity contribution in [2.45, 2.75) is 32.1 Å². The number of hydrogen-bond donors (Lipinski definition) is 3. The molecule has 1 fully saturated rings. The molecule has 0 amide bonds. The Balaban J connectivity index is 2.77. The second-order valence-electron chi connectivity index (χ2n) is 4.43. The second-order valence-corrected chi connectivity index (χ2v) is 4.43. The van der Waals surface area contributed by atoms with Gasteiger partial charge in [0.2, 0.25) is 0 Å². The predicted octanol–water partition coefficient (Wildman–Crippen LogP) is 1.05. The number of carboxylic acids is 3. The maximum absolute atomic E-state index is 11.0. The number of carboxylic acid groups (broad SMARTS) is 3. The van der Waals surface area contributed by atoms with Crippen molar-refractivity contribution in [3.63, 3.8) is 0 Å². The van der Waals surface area contributed by atoms with Crippen LogP contribution in [0.15, 0.2) is 0 Å². The van der Waals surface area contributed by atoms with Crippen LogP contribution in [-0.2, 0) is 14.4 Å². The van der Waals surface area contributed by atoms with Gasteiger partial charge in [-0.3, -0.25) is 14.4 Å². The van der Waals surface area contributed by atoms with Crippen LogP contribution in [0, 0.1) is 17.8 Å². The number of rotatable bonds is 3. The van der Waals surface area contributed by atoms with E-state index in [1.54, 1.807) is 0 Å². The lowest BCUT2D eigenvalue weighted by Crippen LogP contribution is -2.32.